The van der Waals surface area contributed by atoms with Gasteiger partial charge in [-0.25, -0.2) is 4.98 Å². The van der Waals surface area contributed by atoms with Crippen molar-refractivity contribution in [1.82, 2.24) is 15.6 Å². The lowest BCUT2D eigenvalue weighted by atomic mass is 10.00. The summed E-state index contributed by atoms with van der Waals surface area (Å²) in [6.07, 6.45) is 3.03. The van der Waals surface area contributed by atoms with Gasteiger partial charge >= 0.3 is 0 Å². The fourth-order valence-electron chi connectivity index (χ4n) is 2.54. The predicted molar refractivity (Wildman–Crippen MR) is 104 cm³/mol. The van der Waals surface area contributed by atoms with Crippen LogP contribution < -0.4 is 10.6 Å². The zero-order chi connectivity index (χ0) is 17.5. The first kappa shape index (κ1) is 18.5. The molecule has 1 aromatic heterocycles. The van der Waals surface area contributed by atoms with Crippen molar-refractivity contribution in [2.75, 3.05) is 7.05 Å². The highest BCUT2D eigenvalue weighted by Gasteiger charge is 2.09. The highest BCUT2D eigenvalue weighted by Crippen LogP contribution is 2.15. The number of guanidine groups is 1. The third kappa shape index (κ3) is 5.64. The van der Waals surface area contributed by atoms with Crippen molar-refractivity contribution >= 4 is 17.3 Å². The summed E-state index contributed by atoms with van der Waals surface area (Å²) in [6, 6.07) is 9.05. The van der Waals surface area contributed by atoms with Crippen molar-refractivity contribution in [3.8, 4) is 0 Å². The van der Waals surface area contributed by atoms with Crippen molar-refractivity contribution in [3.63, 3.8) is 0 Å². The number of nitrogens with one attached hydrogen (secondary N) is 2. The molecule has 0 aliphatic heterocycles. The maximum absolute atomic E-state index is 4.37. The first-order valence-corrected chi connectivity index (χ1v) is 9.27. The first-order valence-electron chi connectivity index (χ1n) is 8.45. The molecule has 5 heteroatoms. The van der Waals surface area contributed by atoms with Gasteiger partial charge in [0.2, 0.25) is 0 Å². The summed E-state index contributed by atoms with van der Waals surface area (Å²) < 4.78 is 0. The van der Waals surface area contributed by atoms with Crippen molar-refractivity contribution < 1.29 is 0 Å². The Bertz CT molecular complexity index is 658. The average Bonchev–Trinajstić information content (AvgIpc) is 2.96. The molecular weight excluding hydrogens is 316 g/mol. The van der Waals surface area contributed by atoms with Crippen LogP contribution in [-0.2, 0) is 13.0 Å². The van der Waals surface area contributed by atoms with Gasteiger partial charge in [-0.3, -0.25) is 4.99 Å². The Kier molecular flexibility index (Phi) is 6.79. The van der Waals surface area contributed by atoms with Crippen LogP contribution in [0, 0.1) is 12.8 Å². The van der Waals surface area contributed by atoms with E-state index >= 15 is 0 Å². The van der Waals surface area contributed by atoms with Gasteiger partial charge in [-0.1, -0.05) is 38.1 Å². The minimum Gasteiger partial charge on any atom is -0.350 e. The smallest absolute Gasteiger partial charge is 0.191 e. The van der Waals surface area contributed by atoms with E-state index in [-0.39, 0.29) is 6.04 Å². The molecule has 130 valence electrons. The molecule has 1 atom stereocenters. The number of benzene rings is 1. The molecule has 2 rings (SSSR count). The van der Waals surface area contributed by atoms with E-state index in [0.29, 0.717) is 12.5 Å². The number of hydrogen-bond acceptors (Lipinski definition) is 3. The van der Waals surface area contributed by atoms with Crippen molar-refractivity contribution in [2.45, 2.75) is 46.7 Å². The van der Waals surface area contributed by atoms with E-state index in [0.717, 1.165) is 17.4 Å². The summed E-state index contributed by atoms with van der Waals surface area (Å²) >= 11 is 1.71. The third-order valence-electron chi connectivity index (χ3n) is 3.78. The van der Waals surface area contributed by atoms with Crippen molar-refractivity contribution in [2.24, 2.45) is 10.9 Å². The summed E-state index contributed by atoms with van der Waals surface area (Å²) in [5.41, 5.74) is 2.65. The van der Waals surface area contributed by atoms with E-state index in [4.69, 9.17) is 0 Å². The van der Waals surface area contributed by atoms with Crippen molar-refractivity contribution in [1.29, 1.82) is 0 Å². The molecule has 2 aromatic rings. The normalized spacial score (nSPS) is 13.2. The summed E-state index contributed by atoms with van der Waals surface area (Å²) in [4.78, 5) is 9.90. The maximum atomic E-state index is 4.37. The van der Waals surface area contributed by atoms with E-state index in [1.54, 1.807) is 18.4 Å². The van der Waals surface area contributed by atoms with E-state index in [9.17, 15) is 0 Å². The quantitative estimate of drug-likeness (QED) is 0.613. The molecule has 0 fully saturated rings. The molecule has 1 unspecified atom stereocenters. The standard InChI is InChI=1S/C19H28N4S/c1-13(2)10-16-6-8-17(9-7-16)15(4)23-19(20-5)22-12-18-21-11-14(3)24-18/h6-9,11,13,15H,10,12H2,1-5H3,(H2,20,22,23). The van der Waals surface area contributed by atoms with Gasteiger partial charge in [-0.15, -0.1) is 11.3 Å². The van der Waals surface area contributed by atoms with Crippen LogP contribution in [0.4, 0.5) is 0 Å². The number of nitrogens with zero attached hydrogens (tertiary/aromatic N) is 2. The maximum Gasteiger partial charge on any atom is 0.191 e. The van der Waals surface area contributed by atoms with Crippen LogP contribution in [0.3, 0.4) is 0 Å². The number of aryl methyl sites for hydroxylation is 1. The number of thiazole rings is 1. The molecule has 0 saturated carbocycles. The largest absolute Gasteiger partial charge is 0.350 e. The second-order valence-electron chi connectivity index (χ2n) is 6.50. The first-order chi connectivity index (χ1) is 11.5. The lowest BCUT2D eigenvalue weighted by Crippen LogP contribution is -2.38. The van der Waals surface area contributed by atoms with E-state index < -0.39 is 0 Å². The van der Waals surface area contributed by atoms with Gasteiger partial charge < -0.3 is 10.6 Å². The summed E-state index contributed by atoms with van der Waals surface area (Å²) in [6.45, 7) is 9.41. The molecule has 1 aromatic carbocycles. The van der Waals surface area contributed by atoms with Crippen molar-refractivity contribution in [3.05, 3.63) is 51.5 Å². The topological polar surface area (TPSA) is 49.3 Å². The SMILES string of the molecule is CN=C(NCc1ncc(C)s1)NC(C)c1ccc(CC(C)C)cc1. The van der Waals surface area contributed by atoms with Crippen LogP contribution in [0.2, 0.25) is 0 Å². The zero-order valence-corrected chi connectivity index (χ0v) is 16.1. The molecule has 1 heterocycles. The molecule has 0 saturated heterocycles. The van der Waals surface area contributed by atoms with Crippen LogP contribution in [0.15, 0.2) is 35.5 Å². The molecular formula is C19H28N4S. The average molecular weight is 345 g/mol. The molecule has 24 heavy (non-hydrogen) atoms. The highest BCUT2D eigenvalue weighted by molar-refractivity contribution is 7.11. The Morgan fingerprint density at radius 1 is 1.21 bits per heavy atom. The van der Waals surface area contributed by atoms with Gasteiger partial charge in [0.05, 0.1) is 12.6 Å². The summed E-state index contributed by atoms with van der Waals surface area (Å²) in [5, 5.41) is 7.83. The molecule has 2 N–H and O–H groups in total. The number of rotatable bonds is 6. The Morgan fingerprint density at radius 2 is 1.92 bits per heavy atom. The Labute approximate surface area is 149 Å². The molecule has 0 radical (unpaired) electrons. The second-order valence-corrected chi connectivity index (χ2v) is 7.82. The number of hydrogen-bond donors (Lipinski definition) is 2. The molecule has 0 spiro atoms. The zero-order valence-electron chi connectivity index (χ0n) is 15.3. The lowest BCUT2D eigenvalue weighted by molar-refractivity contribution is 0.645. The van der Waals surface area contributed by atoms with Crippen LogP contribution in [-0.4, -0.2) is 18.0 Å². The van der Waals surface area contributed by atoms with Gasteiger partial charge in [0, 0.05) is 18.1 Å². The Hall–Kier alpha value is -1.88. The minimum absolute atomic E-state index is 0.197. The van der Waals surface area contributed by atoms with Gasteiger partial charge in [0.1, 0.15) is 5.01 Å². The van der Waals surface area contributed by atoms with Gasteiger partial charge in [0.25, 0.3) is 0 Å². The number of aliphatic imine (C=N–C) groups is 1. The molecule has 0 aliphatic rings. The molecule has 0 aliphatic carbocycles. The fraction of sp³-hybridized carbons (Fsp3) is 0.474. The number of aromatic nitrogens is 1. The highest BCUT2D eigenvalue weighted by atomic mass is 32.1. The second kappa shape index (κ2) is 8.83. The molecule has 0 amide bonds. The van der Waals surface area contributed by atoms with Gasteiger partial charge in [0.15, 0.2) is 5.96 Å². The summed E-state index contributed by atoms with van der Waals surface area (Å²) in [7, 11) is 1.79. The summed E-state index contributed by atoms with van der Waals surface area (Å²) in [5.74, 6) is 1.48. The fourth-order valence-corrected chi connectivity index (χ4v) is 3.27. The van der Waals surface area contributed by atoms with Crippen LogP contribution in [0.1, 0.15) is 47.8 Å². The predicted octanol–water partition coefficient (Wildman–Crippen LogP) is 4.08. The third-order valence-corrected chi connectivity index (χ3v) is 4.69. The monoisotopic (exact) mass is 344 g/mol. The van der Waals surface area contributed by atoms with Gasteiger partial charge in [-0.05, 0) is 37.3 Å². The molecule has 0 bridgehead atoms. The van der Waals surface area contributed by atoms with E-state index in [1.807, 2.05) is 6.20 Å². The lowest BCUT2D eigenvalue weighted by Gasteiger charge is -2.18. The van der Waals surface area contributed by atoms with E-state index in [1.165, 1.54) is 16.0 Å². The minimum atomic E-state index is 0.197. The molecule has 4 nitrogen and oxygen atoms in total. The van der Waals surface area contributed by atoms with E-state index in [2.05, 4.69) is 72.6 Å². The Morgan fingerprint density at radius 3 is 2.46 bits per heavy atom. The van der Waals surface area contributed by atoms with Crippen LogP contribution in [0.5, 0.6) is 0 Å². The van der Waals surface area contributed by atoms with Crippen LogP contribution in [0.25, 0.3) is 0 Å². The van der Waals surface area contributed by atoms with Crippen LogP contribution >= 0.6 is 11.3 Å². The van der Waals surface area contributed by atoms with Gasteiger partial charge in [-0.2, -0.15) is 0 Å². The Balaban J connectivity index is 1.90.